The summed E-state index contributed by atoms with van der Waals surface area (Å²) in [6, 6.07) is 14.3. The van der Waals surface area contributed by atoms with Crippen LogP contribution in [0.4, 0.5) is 0 Å². The van der Waals surface area contributed by atoms with Crippen LogP contribution in [-0.2, 0) is 16.0 Å². The highest BCUT2D eigenvalue weighted by Gasteiger charge is 2.31. The van der Waals surface area contributed by atoms with Gasteiger partial charge >= 0.3 is 5.97 Å². The number of fused-ring (bicyclic) bond motifs is 3. The molecule has 1 unspecified atom stereocenters. The Morgan fingerprint density at radius 2 is 1.79 bits per heavy atom. The van der Waals surface area contributed by atoms with Gasteiger partial charge in [0, 0.05) is 15.6 Å². The van der Waals surface area contributed by atoms with E-state index in [4.69, 9.17) is 9.47 Å². The number of esters is 1. The van der Waals surface area contributed by atoms with E-state index in [-0.39, 0.29) is 5.97 Å². The van der Waals surface area contributed by atoms with E-state index in [0.29, 0.717) is 13.0 Å². The number of aryl methyl sites for hydroxylation is 1. The smallest absolute Gasteiger partial charge is 0.347 e. The minimum absolute atomic E-state index is 0.280. The van der Waals surface area contributed by atoms with Crippen molar-refractivity contribution < 1.29 is 14.3 Å². The third kappa shape index (κ3) is 4.58. The van der Waals surface area contributed by atoms with Crippen LogP contribution in [-0.4, -0.2) is 18.7 Å². The third-order valence-electron chi connectivity index (χ3n) is 5.62. The molecular formula is C25H27IO3. The summed E-state index contributed by atoms with van der Waals surface area (Å²) in [4.78, 5) is 11.7. The number of carbonyl (C=O) groups is 1. The molecule has 0 aliphatic carbocycles. The van der Waals surface area contributed by atoms with Crippen LogP contribution in [0.5, 0.6) is 5.75 Å². The second-order valence-electron chi connectivity index (χ2n) is 7.38. The quantitative estimate of drug-likeness (QED) is 0.308. The van der Waals surface area contributed by atoms with Crippen molar-refractivity contribution >= 4 is 39.3 Å². The van der Waals surface area contributed by atoms with Gasteiger partial charge in [0.2, 0.25) is 0 Å². The highest BCUT2D eigenvalue weighted by atomic mass is 127. The van der Waals surface area contributed by atoms with E-state index in [0.717, 1.165) is 16.7 Å². The van der Waals surface area contributed by atoms with Gasteiger partial charge in [-0.05, 0) is 102 Å². The van der Waals surface area contributed by atoms with E-state index in [9.17, 15) is 4.79 Å². The molecule has 3 aromatic carbocycles. The Labute approximate surface area is 186 Å². The normalized spacial score (nSPS) is 14.6. The average molecular weight is 502 g/mol. The number of hydrogen-bond acceptors (Lipinski definition) is 3. The van der Waals surface area contributed by atoms with E-state index in [1.165, 1.54) is 31.2 Å². The van der Waals surface area contributed by atoms with Crippen LogP contribution in [0.1, 0.15) is 34.7 Å². The molecule has 0 spiro atoms. The number of carbonyl (C=O) groups excluding carboxylic acids is 1. The maximum Gasteiger partial charge on any atom is 0.347 e. The van der Waals surface area contributed by atoms with E-state index in [2.05, 4.69) is 68.5 Å². The van der Waals surface area contributed by atoms with Gasteiger partial charge in [0.05, 0.1) is 6.61 Å². The molecule has 0 N–H and O–H groups in total. The monoisotopic (exact) mass is 502 g/mol. The lowest BCUT2D eigenvalue weighted by molar-refractivity contribution is -0.150. The fraction of sp³-hybridized carbons (Fsp3) is 0.320. The Morgan fingerprint density at radius 3 is 2.52 bits per heavy atom. The lowest BCUT2D eigenvalue weighted by Gasteiger charge is -2.09. The predicted molar refractivity (Wildman–Crippen MR) is 127 cm³/mol. The Hall–Kier alpha value is -2.08. The van der Waals surface area contributed by atoms with Crippen molar-refractivity contribution in [3.63, 3.8) is 0 Å². The van der Waals surface area contributed by atoms with Crippen molar-refractivity contribution in [2.24, 2.45) is 0 Å². The molecule has 0 saturated carbocycles. The van der Waals surface area contributed by atoms with Crippen LogP contribution in [0.2, 0.25) is 0 Å². The molecule has 0 fully saturated rings. The highest BCUT2D eigenvalue weighted by Crippen LogP contribution is 2.35. The Kier molecular flexibility index (Phi) is 6.83. The summed E-state index contributed by atoms with van der Waals surface area (Å²) in [7, 11) is 0. The maximum absolute atomic E-state index is 11.7. The van der Waals surface area contributed by atoms with Crippen molar-refractivity contribution in [2.45, 2.75) is 47.1 Å². The van der Waals surface area contributed by atoms with E-state index in [1.54, 1.807) is 6.92 Å². The van der Waals surface area contributed by atoms with Gasteiger partial charge in [-0.2, -0.15) is 0 Å². The first-order valence-electron chi connectivity index (χ1n) is 9.90. The fourth-order valence-corrected chi connectivity index (χ4v) is 4.42. The molecule has 0 radical (unpaired) electrons. The van der Waals surface area contributed by atoms with Crippen LogP contribution in [0.15, 0.2) is 42.5 Å². The molecule has 4 rings (SSSR count). The summed E-state index contributed by atoms with van der Waals surface area (Å²) >= 11 is 2.39. The van der Waals surface area contributed by atoms with Gasteiger partial charge in [-0.3, -0.25) is 0 Å². The predicted octanol–water partition coefficient (Wildman–Crippen LogP) is 6.23. The minimum Gasteiger partial charge on any atom is -0.478 e. The summed E-state index contributed by atoms with van der Waals surface area (Å²) < 4.78 is 12.0. The van der Waals surface area contributed by atoms with Gasteiger partial charge in [0.25, 0.3) is 0 Å². The van der Waals surface area contributed by atoms with Crippen molar-refractivity contribution in [2.75, 3.05) is 6.61 Å². The molecule has 0 amide bonds. The van der Waals surface area contributed by atoms with E-state index < -0.39 is 6.10 Å². The molecule has 0 saturated heterocycles. The lowest BCUT2D eigenvalue weighted by atomic mass is 10.0. The van der Waals surface area contributed by atoms with Crippen LogP contribution < -0.4 is 4.74 Å². The SMILES string of the molecule is CCOC(=O)C1Cc2c(ccc3ccccc23)O1.Cc1cc(I)c(C)c(C)c1C. The molecule has 3 nitrogen and oxygen atoms in total. The van der Waals surface area contributed by atoms with Crippen LogP contribution in [0.25, 0.3) is 10.8 Å². The summed E-state index contributed by atoms with van der Waals surface area (Å²) in [5.74, 6) is 0.518. The lowest BCUT2D eigenvalue weighted by Crippen LogP contribution is -2.27. The van der Waals surface area contributed by atoms with Crippen LogP contribution >= 0.6 is 22.6 Å². The second-order valence-corrected chi connectivity index (χ2v) is 8.54. The zero-order chi connectivity index (χ0) is 21.1. The molecule has 152 valence electrons. The van der Waals surface area contributed by atoms with Crippen molar-refractivity contribution in [1.29, 1.82) is 0 Å². The number of ether oxygens (including phenoxy) is 2. The summed E-state index contributed by atoms with van der Waals surface area (Å²) in [6.45, 7) is 10.9. The molecule has 3 aromatic rings. The van der Waals surface area contributed by atoms with Crippen molar-refractivity contribution in [3.8, 4) is 5.75 Å². The molecule has 29 heavy (non-hydrogen) atoms. The minimum atomic E-state index is -0.495. The topological polar surface area (TPSA) is 35.5 Å². The zero-order valence-corrected chi connectivity index (χ0v) is 19.8. The van der Waals surface area contributed by atoms with Crippen LogP contribution in [0.3, 0.4) is 0 Å². The van der Waals surface area contributed by atoms with Crippen molar-refractivity contribution in [3.05, 3.63) is 73.9 Å². The van der Waals surface area contributed by atoms with E-state index in [1.807, 2.05) is 24.3 Å². The fourth-order valence-electron chi connectivity index (χ4n) is 3.55. The first-order chi connectivity index (χ1) is 13.8. The van der Waals surface area contributed by atoms with Gasteiger partial charge in [-0.25, -0.2) is 4.79 Å². The molecule has 1 aliphatic rings. The van der Waals surface area contributed by atoms with Crippen molar-refractivity contribution in [1.82, 2.24) is 0 Å². The first-order valence-corrected chi connectivity index (χ1v) is 11.0. The van der Waals surface area contributed by atoms with Crippen LogP contribution in [0, 0.1) is 31.3 Å². The van der Waals surface area contributed by atoms with E-state index >= 15 is 0 Å². The molecule has 0 aromatic heterocycles. The van der Waals surface area contributed by atoms with Gasteiger partial charge in [-0.1, -0.05) is 30.3 Å². The molecule has 1 atom stereocenters. The Bertz CT molecular complexity index is 1030. The standard InChI is InChI=1S/C15H14O3.C10H13I/c1-2-17-15(16)14-9-12-11-6-4-3-5-10(11)7-8-13(12)18-14;1-6-5-10(11)9(4)8(3)7(6)2/h3-8,14H,2,9H2,1H3;5H,1-4H3. The first kappa shape index (κ1) is 21.6. The number of benzene rings is 3. The summed E-state index contributed by atoms with van der Waals surface area (Å²) in [5, 5.41) is 2.33. The van der Waals surface area contributed by atoms with Gasteiger partial charge < -0.3 is 9.47 Å². The Balaban J connectivity index is 0.000000188. The third-order valence-corrected chi connectivity index (χ3v) is 6.74. The molecule has 1 aliphatic heterocycles. The van der Waals surface area contributed by atoms with Gasteiger partial charge in [-0.15, -0.1) is 0 Å². The molecule has 0 bridgehead atoms. The molecule has 4 heteroatoms. The number of hydrogen-bond donors (Lipinski definition) is 0. The Morgan fingerprint density at radius 1 is 1.07 bits per heavy atom. The largest absolute Gasteiger partial charge is 0.478 e. The molecule has 1 heterocycles. The maximum atomic E-state index is 11.7. The summed E-state index contributed by atoms with van der Waals surface area (Å²) in [6.07, 6.45) is 0.0981. The summed E-state index contributed by atoms with van der Waals surface area (Å²) in [5.41, 5.74) is 6.80. The number of rotatable bonds is 2. The molecular weight excluding hydrogens is 475 g/mol. The highest BCUT2D eigenvalue weighted by molar-refractivity contribution is 14.1. The van der Waals surface area contributed by atoms with Gasteiger partial charge in [0.15, 0.2) is 6.10 Å². The zero-order valence-electron chi connectivity index (χ0n) is 17.6. The van der Waals surface area contributed by atoms with Gasteiger partial charge in [0.1, 0.15) is 5.75 Å². The number of halogens is 1. The second kappa shape index (κ2) is 9.16. The average Bonchev–Trinajstić information content (AvgIpc) is 3.16.